The van der Waals surface area contributed by atoms with Gasteiger partial charge in [0.25, 0.3) is 5.91 Å². The minimum atomic E-state index is -0.835. The van der Waals surface area contributed by atoms with E-state index in [1.54, 1.807) is 6.07 Å². The Hall–Kier alpha value is -2.43. The lowest BCUT2D eigenvalue weighted by molar-refractivity contribution is 0.0746. The lowest BCUT2D eigenvalue weighted by Crippen LogP contribution is -2.26. The van der Waals surface area contributed by atoms with Crippen molar-refractivity contribution < 1.29 is 13.6 Å². The van der Waals surface area contributed by atoms with Gasteiger partial charge in [-0.15, -0.1) is 0 Å². The first-order chi connectivity index (χ1) is 9.95. The molecule has 1 heterocycles. The summed E-state index contributed by atoms with van der Waals surface area (Å²) in [4.78, 5) is 13.9. The molecule has 2 aromatic rings. The van der Waals surface area contributed by atoms with Crippen molar-refractivity contribution in [2.24, 2.45) is 0 Å². The predicted molar refractivity (Wildman–Crippen MR) is 75.5 cm³/mol. The van der Waals surface area contributed by atoms with Gasteiger partial charge in [0.15, 0.2) is 0 Å². The Bertz CT molecular complexity index is 743. The number of halogens is 2. The molecule has 1 aliphatic rings. The van der Waals surface area contributed by atoms with E-state index in [0.717, 1.165) is 17.2 Å². The van der Waals surface area contributed by atoms with Gasteiger partial charge in [0.2, 0.25) is 0 Å². The molecule has 108 valence electrons. The Morgan fingerprint density at radius 2 is 1.81 bits per heavy atom. The monoisotopic (exact) mass is 288 g/mol. The van der Waals surface area contributed by atoms with Crippen LogP contribution in [-0.2, 0) is 13.1 Å². The molecule has 0 fully saturated rings. The zero-order chi connectivity index (χ0) is 15.1. The highest BCUT2D eigenvalue weighted by Gasteiger charge is 2.26. The van der Waals surface area contributed by atoms with Crippen LogP contribution in [0.3, 0.4) is 0 Å². The maximum Gasteiger partial charge on any atom is 0.257 e. The first-order valence-electron chi connectivity index (χ1n) is 6.58. The molecule has 0 saturated heterocycles. The third-order valence-electron chi connectivity index (χ3n) is 3.72. The van der Waals surface area contributed by atoms with Gasteiger partial charge in [0.1, 0.15) is 11.6 Å². The van der Waals surface area contributed by atoms with Gasteiger partial charge in [-0.05, 0) is 41.8 Å². The molecule has 0 bridgehead atoms. The van der Waals surface area contributed by atoms with Gasteiger partial charge in [0, 0.05) is 24.8 Å². The van der Waals surface area contributed by atoms with E-state index in [-0.39, 0.29) is 11.1 Å². The number of rotatable bonds is 1. The number of nitrogens with zero attached hydrogens (tertiary/aromatic N) is 1. The SMILES string of the molecule is Cc1cc(C(=O)N2Cc3ccc(N)cc3C2)c(F)cc1F. The minimum absolute atomic E-state index is 0.102. The molecule has 1 amide bonds. The number of fused-ring (bicyclic) bond motifs is 1. The van der Waals surface area contributed by atoms with E-state index in [2.05, 4.69) is 0 Å². The van der Waals surface area contributed by atoms with Crippen LogP contribution in [0, 0.1) is 18.6 Å². The van der Waals surface area contributed by atoms with Crippen LogP contribution >= 0.6 is 0 Å². The molecular formula is C16H14F2N2O. The molecule has 3 nitrogen and oxygen atoms in total. The Kier molecular flexibility index (Phi) is 3.12. The lowest BCUT2D eigenvalue weighted by atomic mass is 10.1. The van der Waals surface area contributed by atoms with Crippen molar-refractivity contribution in [2.75, 3.05) is 5.73 Å². The summed E-state index contributed by atoms with van der Waals surface area (Å²) >= 11 is 0. The van der Waals surface area contributed by atoms with Crippen molar-refractivity contribution in [3.63, 3.8) is 0 Å². The maximum atomic E-state index is 13.8. The second kappa shape index (κ2) is 4.84. The van der Waals surface area contributed by atoms with Gasteiger partial charge in [-0.2, -0.15) is 0 Å². The van der Waals surface area contributed by atoms with Crippen molar-refractivity contribution in [3.05, 3.63) is 64.2 Å². The Morgan fingerprint density at radius 3 is 2.57 bits per heavy atom. The van der Waals surface area contributed by atoms with Gasteiger partial charge >= 0.3 is 0 Å². The maximum absolute atomic E-state index is 13.8. The first-order valence-corrected chi connectivity index (χ1v) is 6.58. The number of carbonyl (C=O) groups is 1. The van der Waals surface area contributed by atoms with E-state index in [1.165, 1.54) is 17.9 Å². The molecule has 0 unspecified atom stereocenters. The Balaban J connectivity index is 1.90. The third kappa shape index (κ3) is 2.35. The highest BCUT2D eigenvalue weighted by Crippen LogP contribution is 2.27. The quantitative estimate of drug-likeness (QED) is 0.820. The molecule has 5 heteroatoms. The molecule has 0 aliphatic carbocycles. The van der Waals surface area contributed by atoms with Crippen LogP contribution < -0.4 is 5.73 Å². The number of aryl methyl sites for hydroxylation is 1. The second-order valence-corrected chi connectivity index (χ2v) is 5.27. The van der Waals surface area contributed by atoms with E-state index in [1.807, 2.05) is 12.1 Å². The summed E-state index contributed by atoms with van der Waals surface area (Å²) < 4.78 is 27.1. The fourth-order valence-electron chi connectivity index (χ4n) is 2.55. The summed E-state index contributed by atoms with van der Waals surface area (Å²) in [6.45, 7) is 2.30. The average Bonchev–Trinajstić information content (AvgIpc) is 2.85. The lowest BCUT2D eigenvalue weighted by Gasteiger charge is -2.16. The zero-order valence-electron chi connectivity index (χ0n) is 11.5. The zero-order valence-corrected chi connectivity index (χ0v) is 11.5. The number of carbonyl (C=O) groups excluding carboxylic acids is 1. The smallest absolute Gasteiger partial charge is 0.257 e. The van der Waals surface area contributed by atoms with E-state index in [0.29, 0.717) is 18.8 Å². The summed E-state index contributed by atoms with van der Waals surface area (Å²) in [6, 6.07) is 7.46. The average molecular weight is 288 g/mol. The van der Waals surface area contributed by atoms with Crippen LogP contribution in [0.2, 0.25) is 0 Å². The number of amides is 1. The topological polar surface area (TPSA) is 46.3 Å². The largest absolute Gasteiger partial charge is 0.399 e. The van der Waals surface area contributed by atoms with E-state index < -0.39 is 17.5 Å². The number of nitrogens with two attached hydrogens (primary N) is 1. The van der Waals surface area contributed by atoms with Crippen molar-refractivity contribution in [2.45, 2.75) is 20.0 Å². The molecule has 21 heavy (non-hydrogen) atoms. The van der Waals surface area contributed by atoms with Gasteiger partial charge < -0.3 is 10.6 Å². The molecule has 0 radical (unpaired) electrons. The highest BCUT2D eigenvalue weighted by molar-refractivity contribution is 5.95. The van der Waals surface area contributed by atoms with Crippen LogP contribution in [0.1, 0.15) is 27.0 Å². The van der Waals surface area contributed by atoms with Crippen LogP contribution in [0.15, 0.2) is 30.3 Å². The molecule has 0 atom stereocenters. The molecule has 0 saturated carbocycles. The standard InChI is InChI=1S/C16H14F2N2O/c1-9-4-13(15(18)6-14(9)17)16(21)20-7-10-2-3-12(19)5-11(10)8-20/h2-6H,7-8,19H2,1H3. The number of nitrogen functional groups attached to an aromatic ring is 1. The molecule has 2 aromatic carbocycles. The summed E-state index contributed by atoms with van der Waals surface area (Å²) in [6.07, 6.45) is 0. The van der Waals surface area contributed by atoms with Gasteiger partial charge in [0.05, 0.1) is 5.56 Å². The van der Waals surface area contributed by atoms with Crippen molar-refractivity contribution in [1.82, 2.24) is 4.90 Å². The van der Waals surface area contributed by atoms with E-state index >= 15 is 0 Å². The van der Waals surface area contributed by atoms with Crippen LogP contribution in [0.25, 0.3) is 0 Å². The van der Waals surface area contributed by atoms with Crippen LogP contribution in [0.5, 0.6) is 0 Å². The number of benzene rings is 2. The fraction of sp³-hybridized carbons (Fsp3) is 0.188. The molecule has 1 aliphatic heterocycles. The van der Waals surface area contributed by atoms with Gasteiger partial charge in [-0.3, -0.25) is 4.79 Å². The Morgan fingerprint density at radius 1 is 1.10 bits per heavy atom. The van der Waals surface area contributed by atoms with Crippen molar-refractivity contribution in [3.8, 4) is 0 Å². The normalized spacial score (nSPS) is 13.4. The van der Waals surface area contributed by atoms with Gasteiger partial charge in [-0.1, -0.05) is 6.07 Å². The van der Waals surface area contributed by atoms with E-state index in [9.17, 15) is 13.6 Å². The molecule has 3 rings (SSSR count). The summed E-state index contributed by atoms with van der Waals surface area (Å²) in [5.41, 5.74) is 8.46. The number of anilines is 1. The van der Waals surface area contributed by atoms with Crippen molar-refractivity contribution >= 4 is 11.6 Å². The summed E-state index contributed by atoms with van der Waals surface area (Å²) in [5.74, 6) is -1.93. The molecule has 0 spiro atoms. The highest BCUT2D eigenvalue weighted by atomic mass is 19.1. The van der Waals surface area contributed by atoms with Crippen LogP contribution in [-0.4, -0.2) is 10.8 Å². The van der Waals surface area contributed by atoms with Crippen molar-refractivity contribution in [1.29, 1.82) is 0 Å². The summed E-state index contributed by atoms with van der Waals surface area (Å²) in [5, 5.41) is 0. The van der Waals surface area contributed by atoms with Gasteiger partial charge in [-0.25, -0.2) is 8.78 Å². The molecule has 2 N–H and O–H groups in total. The Labute approximate surface area is 121 Å². The van der Waals surface area contributed by atoms with E-state index in [4.69, 9.17) is 5.73 Å². The second-order valence-electron chi connectivity index (χ2n) is 5.27. The molecule has 0 aromatic heterocycles. The predicted octanol–water partition coefficient (Wildman–Crippen LogP) is 3.01. The summed E-state index contributed by atoms with van der Waals surface area (Å²) in [7, 11) is 0. The molecular weight excluding hydrogens is 274 g/mol. The first kappa shape index (κ1) is 13.5. The number of hydrogen-bond donors (Lipinski definition) is 1. The third-order valence-corrected chi connectivity index (χ3v) is 3.72. The fourth-order valence-corrected chi connectivity index (χ4v) is 2.55. The van der Waals surface area contributed by atoms with Crippen LogP contribution in [0.4, 0.5) is 14.5 Å². The minimum Gasteiger partial charge on any atom is -0.399 e. The number of hydrogen-bond acceptors (Lipinski definition) is 2.